The highest BCUT2D eigenvalue weighted by Crippen LogP contribution is 2.11. The van der Waals surface area contributed by atoms with E-state index in [0.29, 0.717) is 5.69 Å². The van der Waals surface area contributed by atoms with Crippen molar-refractivity contribution in [2.75, 3.05) is 11.1 Å². The average Bonchev–Trinajstić information content (AvgIpc) is 2.39. The Labute approximate surface area is 116 Å². The van der Waals surface area contributed by atoms with Crippen LogP contribution < -0.4 is 16.8 Å². The highest BCUT2D eigenvalue weighted by Gasteiger charge is 2.13. The van der Waals surface area contributed by atoms with E-state index in [1.54, 1.807) is 24.3 Å². The lowest BCUT2D eigenvalue weighted by molar-refractivity contribution is -0.138. The van der Waals surface area contributed by atoms with Crippen LogP contribution >= 0.6 is 12.6 Å². The normalized spacial score (nSPS) is 13.6. The van der Waals surface area contributed by atoms with Gasteiger partial charge in [0.2, 0.25) is 5.91 Å². The molecule has 104 valence electrons. The molecule has 0 fully saturated rings. The number of amides is 1. The van der Waals surface area contributed by atoms with Crippen LogP contribution in [0.4, 0.5) is 5.69 Å². The summed E-state index contributed by atoms with van der Waals surface area (Å²) < 4.78 is 0. The van der Waals surface area contributed by atoms with Gasteiger partial charge in [0.15, 0.2) is 0 Å². The SMILES string of the molecule is NC(Cc1ccc(NC(=O)C(N)CS)cc1)C(=O)O. The Bertz CT molecular complexity index is 450. The van der Waals surface area contributed by atoms with Crippen molar-refractivity contribution in [2.45, 2.75) is 18.5 Å². The van der Waals surface area contributed by atoms with E-state index >= 15 is 0 Å². The van der Waals surface area contributed by atoms with E-state index < -0.39 is 18.1 Å². The van der Waals surface area contributed by atoms with Crippen LogP contribution in [0.3, 0.4) is 0 Å². The lowest BCUT2D eigenvalue weighted by Gasteiger charge is -2.11. The predicted octanol–water partition coefficient (Wildman–Crippen LogP) is -0.163. The highest BCUT2D eigenvalue weighted by atomic mass is 32.1. The monoisotopic (exact) mass is 283 g/mol. The van der Waals surface area contributed by atoms with Gasteiger partial charge in [0.05, 0.1) is 6.04 Å². The Morgan fingerprint density at radius 3 is 2.26 bits per heavy atom. The van der Waals surface area contributed by atoms with Crippen LogP contribution in [-0.2, 0) is 16.0 Å². The van der Waals surface area contributed by atoms with E-state index in [1.165, 1.54) is 0 Å². The number of nitrogens with two attached hydrogens (primary N) is 2. The first kappa shape index (κ1) is 15.5. The predicted molar refractivity (Wildman–Crippen MR) is 76.2 cm³/mol. The molecule has 19 heavy (non-hydrogen) atoms. The van der Waals surface area contributed by atoms with E-state index in [-0.39, 0.29) is 18.1 Å². The summed E-state index contributed by atoms with van der Waals surface area (Å²) in [5.74, 6) is -1.10. The van der Waals surface area contributed by atoms with Gasteiger partial charge >= 0.3 is 5.97 Å². The van der Waals surface area contributed by atoms with Crippen LogP contribution in [0.15, 0.2) is 24.3 Å². The van der Waals surface area contributed by atoms with Crippen molar-refractivity contribution in [3.05, 3.63) is 29.8 Å². The molecule has 1 aromatic rings. The molecule has 2 atom stereocenters. The van der Waals surface area contributed by atoms with Crippen molar-refractivity contribution >= 4 is 30.2 Å². The smallest absolute Gasteiger partial charge is 0.320 e. The maximum Gasteiger partial charge on any atom is 0.320 e. The van der Waals surface area contributed by atoms with Crippen molar-refractivity contribution in [1.82, 2.24) is 0 Å². The molecule has 1 aromatic carbocycles. The molecule has 0 bridgehead atoms. The fourth-order valence-corrected chi connectivity index (χ4v) is 1.55. The Morgan fingerprint density at radius 1 is 1.21 bits per heavy atom. The molecule has 7 heteroatoms. The number of carboxylic acids is 1. The van der Waals surface area contributed by atoms with E-state index in [2.05, 4.69) is 17.9 Å². The van der Waals surface area contributed by atoms with Gasteiger partial charge in [-0.2, -0.15) is 12.6 Å². The van der Waals surface area contributed by atoms with Crippen molar-refractivity contribution in [3.8, 4) is 0 Å². The van der Waals surface area contributed by atoms with Gasteiger partial charge in [-0.3, -0.25) is 9.59 Å². The van der Waals surface area contributed by atoms with Gasteiger partial charge in [0.1, 0.15) is 6.04 Å². The Balaban J connectivity index is 2.61. The van der Waals surface area contributed by atoms with Gasteiger partial charge in [0.25, 0.3) is 0 Å². The van der Waals surface area contributed by atoms with Gasteiger partial charge in [-0.15, -0.1) is 0 Å². The Hall–Kier alpha value is -1.57. The summed E-state index contributed by atoms with van der Waals surface area (Å²) in [6.07, 6.45) is 0.236. The third-order valence-electron chi connectivity index (χ3n) is 2.53. The molecule has 0 heterocycles. The number of hydrogen-bond acceptors (Lipinski definition) is 5. The second-order valence-electron chi connectivity index (χ2n) is 4.12. The zero-order valence-electron chi connectivity index (χ0n) is 10.2. The van der Waals surface area contributed by atoms with Gasteiger partial charge < -0.3 is 21.9 Å². The zero-order valence-corrected chi connectivity index (χ0v) is 11.1. The topological polar surface area (TPSA) is 118 Å². The van der Waals surface area contributed by atoms with Crippen LogP contribution in [0.2, 0.25) is 0 Å². The molecule has 0 saturated heterocycles. The molecular weight excluding hydrogens is 266 g/mol. The lowest BCUT2D eigenvalue weighted by atomic mass is 10.1. The molecule has 0 aliphatic rings. The number of thiol groups is 1. The fraction of sp³-hybridized carbons (Fsp3) is 0.333. The standard InChI is InChI=1S/C12H17N3O3S/c13-9(12(17)18)5-7-1-3-8(4-2-7)15-11(16)10(14)6-19/h1-4,9-10,19H,5-6,13-14H2,(H,15,16)(H,17,18). The van der Waals surface area contributed by atoms with Crippen molar-refractivity contribution in [3.63, 3.8) is 0 Å². The first-order valence-electron chi connectivity index (χ1n) is 5.68. The highest BCUT2D eigenvalue weighted by molar-refractivity contribution is 7.80. The molecule has 6 nitrogen and oxygen atoms in total. The quantitative estimate of drug-likeness (QED) is 0.465. The van der Waals surface area contributed by atoms with Gasteiger partial charge in [-0.05, 0) is 24.1 Å². The molecule has 0 aromatic heterocycles. The third-order valence-corrected chi connectivity index (χ3v) is 2.92. The minimum Gasteiger partial charge on any atom is -0.480 e. The minimum absolute atomic E-state index is 0.236. The number of rotatable bonds is 6. The van der Waals surface area contributed by atoms with E-state index in [1.807, 2.05) is 0 Å². The van der Waals surface area contributed by atoms with Crippen LogP contribution in [0, 0.1) is 0 Å². The van der Waals surface area contributed by atoms with Crippen molar-refractivity contribution < 1.29 is 14.7 Å². The number of anilines is 1. The minimum atomic E-state index is -1.04. The summed E-state index contributed by atoms with van der Waals surface area (Å²) in [5, 5.41) is 11.3. The number of carbonyl (C=O) groups is 2. The maximum atomic E-state index is 11.5. The number of carboxylic acid groups (broad SMARTS) is 1. The number of nitrogens with one attached hydrogen (secondary N) is 1. The first-order valence-corrected chi connectivity index (χ1v) is 6.32. The third kappa shape index (κ3) is 4.90. The van der Waals surface area contributed by atoms with E-state index in [4.69, 9.17) is 16.6 Å². The zero-order chi connectivity index (χ0) is 14.4. The summed E-state index contributed by atoms with van der Waals surface area (Å²) in [4.78, 5) is 22.1. The lowest BCUT2D eigenvalue weighted by Crippen LogP contribution is -2.37. The van der Waals surface area contributed by atoms with Crippen LogP contribution in [-0.4, -0.2) is 34.8 Å². The molecule has 1 amide bonds. The fourth-order valence-electron chi connectivity index (χ4n) is 1.38. The van der Waals surface area contributed by atoms with Gasteiger partial charge in [-0.1, -0.05) is 12.1 Å². The second-order valence-corrected chi connectivity index (χ2v) is 4.49. The second kappa shape index (κ2) is 7.13. The summed E-state index contributed by atoms with van der Waals surface area (Å²) in [6, 6.07) is 5.18. The van der Waals surface area contributed by atoms with E-state index in [9.17, 15) is 9.59 Å². The van der Waals surface area contributed by atoms with Crippen molar-refractivity contribution in [1.29, 1.82) is 0 Å². The molecular formula is C12H17N3O3S. The maximum absolute atomic E-state index is 11.5. The summed E-state index contributed by atoms with van der Waals surface area (Å²) in [6.45, 7) is 0. The molecule has 0 spiro atoms. The largest absolute Gasteiger partial charge is 0.480 e. The number of hydrogen-bond donors (Lipinski definition) is 5. The van der Waals surface area contributed by atoms with Gasteiger partial charge in [-0.25, -0.2) is 0 Å². The van der Waals surface area contributed by atoms with Crippen molar-refractivity contribution in [2.24, 2.45) is 11.5 Å². The molecule has 0 saturated carbocycles. The molecule has 0 radical (unpaired) electrons. The van der Waals surface area contributed by atoms with Crippen LogP contribution in [0.5, 0.6) is 0 Å². The Kier molecular flexibility index (Phi) is 5.81. The number of aliphatic carboxylic acids is 1. The first-order chi connectivity index (χ1) is 8.93. The van der Waals surface area contributed by atoms with Gasteiger partial charge in [0, 0.05) is 11.4 Å². The summed E-state index contributed by atoms with van der Waals surface area (Å²) in [5.41, 5.74) is 12.3. The summed E-state index contributed by atoms with van der Waals surface area (Å²) >= 11 is 3.94. The molecule has 1 rings (SSSR count). The molecule has 0 aliphatic heterocycles. The van der Waals surface area contributed by atoms with Crippen LogP contribution in [0.25, 0.3) is 0 Å². The Morgan fingerprint density at radius 2 is 1.79 bits per heavy atom. The van der Waals surface area contributed by atoms with E-state index in [0.717, 1.165) is 5.56 Å². The summed E-state index contributed by atoms with van der Waals surface area (Å²) in [7, 11) is 0. The average molecular weight is 283 g/mol. The molecule has 0 aliphatic carbocycles. The number of benzene rings is 1. The van der Waals surface area contributed by atoms with Crippen LogP contribution in [0.1, 0.15) is 5.56 Å². The number of carbonyl (C=O) groups excluding carboxylic acids is 1. The molecule has 2 unspecified atom stereocenters. The molecule has 6 N–H and O–H groups in total.